The van der Waals surface area contributed by atoms with Crippen LogP contribution in [0.3, 0.4) is 0 Å². The van der Waals surface area contributed by atoms with Crippen molar-refractivity contribution < 1.29 is 13.9 Å². The van der Waals surface area contributed by atoms with Gasteiger partial charge < -0.3 is 19.4 Å². The predicted molar refractivity (Wildman–Crippen MR) is 108 cm³/mol. The fourth-order valence-electron chi connectivity index (χ4n) is 2.84. The Morgan fingerprint density at radius 1 is 1.11 bits per heavy atom. The molecule has 0 aliphatic rings. The van der Waals surface area contributed by atoms with E-state index in [0.29, 0.717) is 12.1 Å². The number of furan rings is 1. The minimum absolute atomic E-state index is 0.267. The number of para-hydroxylation sites is 1. The van der Waals surface area contributed by atoms with Gasteiger partial charge in [0.15, 0.2) is 5.76 Å². The molecule has 0 saturated carbocycles. The highest BCUT2D eigenvalue weighted by molar-refractivity contribution is 5.92. The van der Waals surface area contributed by atoms with Gasteiger partial charge in [0.05, 0.1) is 6.26 Å². The highest BCUT2D eigenvalue weighted by Gasteiger charge is 2.16. The molecule has 0 bridgehead atoms. The van der Waals surface area contributed by atoms with Crippen molar-refractivity contribution in [2.75, 3.05) is 18.0 Å². The lowest BCUT2D eigenvalue weighted by atomic mass is 10.2. The number of nitrogens with one attached hydrogen (secondary N) is 1. The van der Waals surface area contributed by atoms with E-state index in [2.05, 4.69) is 29.0 Å². The van der Waals surface area contributed by atoms with Crippen LogP contribution in [0.25, 0.3) is 0 Å². The number of carbonyl (C=O) groups excluding carboxylic acids is 1. The number of rotatable bonds is 9. The van der Waals surface area contributed by atoms with Gasteiger partial charge in [-0.2, -0.15) is 0 Å². The Kier molecular flexibility index (Phi) is 6.68. The van der Waals surface area contributed by atoms with Crippen LogP contribution < -0.4 is 15.0 Å². The van der Waals surface area contributed by atoms with Crippen LogP contribution >= 0.6 is 0 Å². The lowest BCUT2D eigenvalue weighted by molar-refractivity contribution is 0.0919. The van der Waals surface area contributed by atoms with Gasteiger partial charge in [-0.3, -0.25) is 4.79 Å². The molecular weight excluding hydrogens is 354 g/mol. The van der Waals surface area contributed by atoms with E-state index in [1.807, 2.05) is 42.5 Å². The maximum absolute atomic E-state index is 12.5. The molecule has 0 saturated heterocycles. The molecule has 1 amide bonds. The summed E-state index contributed by atoms with van der Waals surface area (Å²) in [6.07, 6.45) is 3.29. The molecule has 0 aliphatic carbocycles. The molecule has 0 radical (unpaired) electrons. The summed E-state index contributed by atoms with van der Waals surface area (Å²) in [4.78, 5) is 19.1. The lowest BCUT2D eigenvalue weighted by Crippen LogP contribution is -2.24. The highest BCUT2D eigenvalue weighted by Crippen LogP contribution is 2.16. The third-order valence-corrected chi connectivity index (χ3v) is 4.44. The van der Waals surface area contributed by atoms with E-state index in [-0.39, 0.29) is 18.3 Å². The minimum atomic E-state index is -0.274. The molecule has 0 fully saturated rings. The number of nitrogens with zero attached hydrogens (tertiary/aromatic N) is 2. The average Bonchev–Trinajstić information content (AvgIpc) is 3.22. The van der Waals surface area contributed by atoms with Crippen LogP contribution in [0.5, 0.6) is 5.75 Å². The second kappa shape index (κ2) is 9.60. The molecule has 0 atom stereocenters. The molecule has 28 heavy (non-hydrogen) atoms. The van der Waals surface area contributed by atoms with Crippen molar-refractivity contribution >= 4 is 11.7 Å². The van der Waals surface area contributed by atoms with E-state index in [4.69, 9.17) is 9.15 Å². The van der Waals surface area contributed by atoms with Crippen LogP contribution in [0, 0.1) is 0 Å². The van der Waals surface area contributed by atoms with Crippen molar-refractivity contribution in [3.63, 3.8) is 0 Å². The molecular formula is C22H25N3O3. The maximum atomic E-state index is 12.5. The van der Waals surface area contributed by atoms with Crippen LogP contribution in [-0.4, -0.2) is 24.0 Å². The Morgan fingerprint density at radius 2 is 1.89 bits per heavy atom. The summed E-state index contributed by atoms with van der Waals surface area (Å²) in [5.41, 5.74) is 1.63. The lowest BCUT2D eigenvalue weighted by Gasteiger charge is -2.19. The zero-order chi connectivity index (χ0) is 19.8. The van der Waals surface area contributed by atoms with Gasteiger partial charge >= 0.3 is 0 Å². The molecule has 2 aromatic heterocycles. The largest absolute Gasteiger partial charge is 0.489 e. The van der Waals surface area contributed by atoms with Crippen LogP contribution in [0.15, 0.2) is 65.4 Å². The van der Waals surface area contributed by atoms with E-state index in [0.717, 1.165) is 30.2 Å². The van der Waals surface area contributed by atoms with E-state index in [1.165, 1.54) is 6.26 Å². The van der Waals surface area contributed by atoms with Gasteiger partial charge in [-0.15, -0.1) is 0 Å². The summed E-state index contributed by atoms with van der Waals surface area (Å²) in [5, 5.41) is 2.87. The van der Waals surface area contributed by atoms with Crippen LogP contribution in [0.1, 0.15) is 35.5 Å². The second-order valence-corrected chi connectivity index (χ2v) is 6.26. The number of anilines is 1. The fraction of sp³-hybridized carbons (Fsp3) is 0.273. The Bertz CT molecular complexity index is 872. The summed E-state index contributed by atoms with van der Waals surface area (Å²) in [6, 6.07) is 15.2. The molecule has 0 spiro atoms. The normalized spacial score (nSPS) is 10.5. The summed E-state index contributed by atoms with van der Waals surface area (Å²) in [5.74, 6) is 1.68. The average molecular weight is 379 g/mol. The van der Waals surface area contributed by atoms with Crippen molar-refractivity contribution in [1.82, 2.24) is 10.3 Å². The number of hydrogen-bond donors (Lipinski definition) is 1. The fourth-order valence-corrected chi connectivity index (χ4v) is 2.84. The Labute approximate surface area is 165 Å². The number of aromatic nitrogens is 1. The zero-order valence-electron chi connectivity index (χ0n) is 16.2. The van der Waals surface area contributed by atoms with E-state index in [1.54, 1.807) is 12.3 Å². The third-order valence-electron chi connectivity index (χ3n) is 4.44. The molecule has 0 unspecified atom stereocenters. The van der Waals surface area contributed by atoms with Crippen molar-refractivity contribution in [3.8, 4) is 5.75 Å². The molecule has 1 N–H and O–H groups in total. The van der Waals surface area contributed by atoms with Crippen molar-refractivity contribution in [2.24, 2.45) is 0 Å². The topological polar surface area (TPSA) is 67.6 Å². The number of pyridine rings is 1. The van der Waals surface area contributed by atoms with Gasteiger partial charge in [-0.1, -0.05) is 24.3 Å². The first kappa shape index (κ1) is 19.5. The summed E-state index contributed by atoms with van der Waals surface area (Å²) in [7, 11) is 0. The first-order chi connectivity index (χ1) is 13.7. The minimum Gasteiger partial charge on any atom is -0.489 e. The molecule has 146 valence electrons. The number of benzene rings is 1. The smallest absolute Gasteiger partial charge is 0.287 e. The third kappa shape index (κ3) is 4.91. The predicted octanol–water partition coefficient (Wildman–Crippen LogP) is 4.03. The van der Waals surface area contributed by atoms with E-state index >= 15 is 0 Å². The number of hydrogen-bond acceptors (Lipinski definition) is 5. The SMILES string of the molecule is CCN(CC)c1ccc(CNC(=O)c2occc2COc2ccccc2)cn1. The number of amides is 1. The maximum Gasteiger partial charge on any atom is 0.287 e. The highest BCUT2D eigenvalue weighted by atomic mass is 16.5. The molecule has 6 nitrogen and oxygen atoms in total. The molecule has 6 heteroatoms. The zero-order valence-corrected chi connectivity index (χ0v) is 16.2. The standard InChI is InChI=1S/C22H25N3O3/c1-3-25(4-2)20-11-10-17(14-23-20)15-24-22(26)21-18(12-13-27-21)16-28-19-8-6-5-7-9-19/h5-14H,3-4,15-16H2,1-2H3,(H,24,26). The van der Waals surface area contributed by atoms with Crippen molar-refractivity contribution in [1.29, 1.82) is 0 Å². The van der Waals surface area contributed by atoms with Gasteiger partial charge in [0.25, 0.3) is 5.91 Å². The van der Waals surface area contributed by atoms with Crippen molar-refractivity contribution in [3.05, 3.63) is 77.9 Å². The first-order valence-corrected chi connectivity index (χ1v) is 9.43. The van der Waals surface area contributed by atoms with Crippen LogP contribution in [0.2, 0.25) is 0 Å². The van der Waals surface area contributed by atoms with Gasteiger partial charge in [0.1, 0.15) is 18.2 Å². The van der Waals surface area contributed by atoms with Gasteiger partial charge in [0.2, 0.25) is 0 Å². The first-order valence-electron chi connectivity index (χ1n) is 9.43. The van der Waals surface area contributed by atoms with Crippen LogP contribution in [-0.2, 0) is 13.2 Å². The molecule has 3 aromatic rings. The Morgan fingerprint density at radius 3 is 2.57 bits per heavy atom. The molecule has 0 aliphatic heterocycles. The summed E-state index contributed by atoms with van der Waals surface area (Å²) in [6.45, 7) is 6.66. The number of carbonyl (C=O) groups is 1. The van der Waals surface area contributed by atoms with Crippen LogP contribution in [0.4, 0.5) is 5.82 Å². The summed E-state index contributed by atoms with van der Waals surface area (Å²) < 4.78 is 11.1. The van der Waals surface area contributed by atoms with Crippen molar-refractivity contribution in [2.45, 2.75) is 27.0 Å². The van der Waals surface area contributed by atoms with Gasteiger partial charge in [-0.05, 0) is 43.7 Å². The molecule has 3 rings (SSSR count). The number of ether oxygens (including phenoxy) is 1. The Balaban J connectivity index is 1.56. The second-order valence-electron chi connectivity index (χ2n) is 6.26. The van der Waals surface area contributed by atoms with Gasteiger partial charge in [-0.25, -0.2) is 4.98 Å². The van der Waals surface area contributed by atoms with Gasteiger partial charge in [0, 0.05) is 31.4 Å². The molecule has 2 heterocycles. The Hall–Kier alpha value is -3.28. The monoisotopic (exact) mass is 379 g/mol. The quantitative estimate of drug-likeness (QED) is 0.608. The van der Waals surface area contributed by atoms with E-state index in [9.17, 15) is 4.79 Å². The van der Waals surface area contributed by atoms with E-state index < -0.39 is 0 Å². The molecule has 1 aromatic carbocycles. The summed E-state index contributed by atoms with van der Waals surface area (Å²) >= 11 is 0.